The van der Waals surface area contributed by atoms with Crippen molar-refractivity contribution < 1.29 is 9.90 Å². The minimum absolute atomic E-state index is 0.0414. The number of nitrogens with one attached hydrogen (secondary N) is 1. The van der Waals surface area contributed by atoms with Crippen LogP contribution in [0.1, 0.15) is 5.56 Å². The van der Waals surface area contributed by atoms with Gasteiger partial charge in [0.2, 0.25) is 0 Å². The minimum Gasteiger partial charge on any atom is -0.506 e. The Morgan fingerprint density at radius 2 is 2.03 bits per heavy atom. The van der Waals surface area contributed by atoms with Gasteiger partial charge in [-0.05, 0) is 40.2 Å². The zero-order valence-electron chi connectivity index (χ0n) is 14.9. The summed E-state index contributed by atoms with van der Waals surface area (Å²) < 4.78 is 4.08. The van der Waals surface area contributed by atoms with E-state index in [0.29, 0.717) is 21.0 Å². The Kier molecular flexibility index (Phi) is 7.49. The molecule has 3 rings (SSSR count). The van der Waals surface area contributed by atoms with Crippen molar-refractivity contribution in [2.45, 2.75) is 5.16 Å². The lowest BCUT2D eigenvalue weighted by molar-refractivity contribution is -0.118. The van der Waals surface area contributed by atoms with E-state index in [1.807, 2.05) is 35.9 Å². The number of hydrogen-bond donors (Lipinski definition) is 2. The van der Waals surface area contributed by atoms with Crippen LogP contribution in [-0.4, -0.2) is 37.7 Å². The second-order valence-electron chi connectivity index (χ2n) is 5.78. The van der Waals surface area contributed by atoms with E-state index in [2.05, 4.69) is 68.5 Å². The number of carbonyl (C=O) groups excluding carboxylic acids is 1. The lowest BCUT2D eigenvalue weighted by Gasteiger charge is -2.04. The fraction of sp³-hybridized carbons (Fsp3) is 0.111. The second kappa shape index (κ2) is 9.88. The molecule has 3 aromatic rings. The number of aromatic nitrogens is 3. The first-order valence-electron chi connectivity index (χ1n) is 8.13. The van der Waals surface area contributed by atoms with Crippen molar-refractivity contribution >= 4 is 71.7 Å². The van der Waals surface area contributed by atoms with E-state index in [-0.39, 0.29) is 17.4 Å². The maximum Gasteiger partial charge on any atom is 0.250 e. The lowest BCUT2D eigenvalue weighted by Crippen LogP contribution is -2.19. The standard InChI is InChI=1S/C18H14Br3N5O2S/c1-26-17(10-3-2-4-12(19)5-10)24-25-18(26)29-9-15(27)23-22-8-11-6-13(20)7-14(21)16(11)28/h2-8,28H,9H2,1H3,(H,23,27)/b22-8+. The molecule has 0 saturated heterocycles. The van der Waals surface area contributed by atoms with E-state index in [1.165, 1.54) is 18.0 Å². The van der Waals surface area contributed by atoms with Gasteiger partial charge in [0.1, 0.15) is 5.75 Å². The number of hydrazone groups is 1. The van der Waals surface area contributed by atoms with Gasteiger partial charge in [0.05, 0.1) is 16.4 Å². The van der Waals surface area contributed by atoms with Crippen LogP contribution in [0.15, 0.2) is 60.1 Å². The van der Waals surface area contributed by atoms with E-state index in [0.717, 1.165) is 14.5 Å². The Labute approximate surface area is 196 Å². The number of benzene rings is 2. The van der Waals surface area contributed by atoms with E-state index in [9.17, 15) is 9.90 Å². The summed E-state index contributed by atoms with van der Waals surface area (Å²) in [7, 11) is 1.85. The molecule has 0 atom stereocenters. The molecule has 0 saturated carbocycles. The Bertz CT molecular complexity index is 1090. The Morgan fingerprint density at radius 3 is 2.79 bits per heavy atom. The first-order chi connectivity index (χ1) is 13.8. The highest BCUT2D eigenvalue weighted by Gasteiger charge is 2.13. The predicted molar refractivity (Wildman–Crippen MR) is 124 cm³/mol. The Morgan fingerprint density at radius 1 is 1.24 bits per heavy atom. The summed E-state index contributed by atoms with van der Waals surface area (Å²) in [5.41, 5.74) is 3.83. The minimum atomic E-state index is -0.299. The summed E-state index contributed by atoms with van der Waals surface area (Å²) in [5, 5.41) is 22.9. The first-order valence-corrected chi connectivity index (χ1v) is 11.5. The van der Waals surface area contributed by atoms with E-state index < -0.39 is 0 Å². The number of thioether (sulfide) groups is 1. The van der Waals surface area contributed by atoms with Gasteiger partial charge in [0.15, 0.2) is 11.0 Å². The van der Waals surface area contributed by atoms with Gasteiger partial charge in [0, 0.05) is 27.1 Å². The zero-order chi connectivity index (χ0) is 21.0. The van der Waals surface area contributed by atoms with Gasteiger partial charge < -0.3 is 9.67 Å². The van der Waals surface area contributed by atoms with Crippen molar-refractivity contribution in [2.75, 3.05) is 5.75 Å². The maximum absolute atomic E-state index is 12.1. The topological polar surface area (TPSA) is 92.4 Å². The molecule has 7 nitrogen and oxygen atoms in total. The molecule has 0 spiro atoms. The van der Waals surface area contributed by atoms with Crippen molar-refractivity contribution in [2.24, 2.45) is 12.1 Å². The molecule has 1 aromatic heterocycles. The number of amides is 1. The normalized spacial score (nSPS) is 11.2. The largest absolute Gasteiger partial charge is 0.506 e. The molecule has 0 unspecified atom stereocenters. The average Bonchev–Trinajstić information content (AvgIpc) is 3.04. The molecule has 29 heavy (non-hydrogen) atoms. The molecule has 0 radical (unpaired) electrons. The molecule has 0 fully saturated rings. The van der Waals surface area contributed by atoms with Gasteiger partial charge in [-0.15, -0.1) is 10.2 Å². The third kappa shape index (κ3) is 5.68. The number of phenols is 1. The number of halogens is 3. The molecule has 0 aliphatic rings. The molecule has 0 aliphatic heterocycles. The Balaban J connectivity index is 1.59. The maximum atomic E-state index is 12.1. The summed E-state index contributed by atoms with van der Waals surface area (Å²) in [6, 6.07) is 11.2. The lowest BCUT2D eigenvalue weighted by atomic mass is 10.2. The van der Waals surface area contributed by atoms with Gasteiger partial charge in [-0.25, -0.2) is 5.43 Å². The third-order valence-corrected chi connectivity index (χ3v) is 6.28. The molecule has 1 amide bonds. The van der Waals surface area contributed by atoms with Crippen molar-refractivity contribution in [3.8, 4) is 17.1 Å². The third-order valence-electron chi connectivity index (χ3n) is 3.70. The monoisotopic (exact) mass is 601 g/mol. The van der Waals surface area contributed by atoms with Crippen LogP contribution >= 0.6 is 59.6 Å². The van der Waals surface area contributed by atoms with Gasteiger partial charge in [-0.2, -0.15) is 5.10 Å². The molecule has 0 aliphatic carbocycles. The van der Waals surface area contributed by atoms with Crippen molar-refractivity contribution in [1.29, 1.82) is 0 Å². The molecular weight excluding hydrogens is 590 g/mol. The van der Waals surface area contributed by atoms with Crippen molar-refractivity contribution in [1.82, 2.24) is 20.2 Å². The van der Waals surface area contributed by atoms with Crippen LogP contribution in [0.3, 0.4) is 0 Å². The summed E-state index contributed by atoms with van der Waals surface area (Å²) in [6.45, 7) is 0. The van der Waals surface area contributed by atoms with Crippen LogP contribution in [0.4, 0.5) is 0 Å². The molecular formula is C18H14Br3N5O2S. The van der Waals surface area contributed by atoms with Gasteiger partial charge in [0.25, 0.3) is 5.91 Å². The number of nitrogens with zero attached hydrogens (tertiary/aromatic N) is 4. The fourth-order valence-electron chi connectivity index (χ4n) is 2.34. The van der Waals surface area contributed by atoms with Crippen LogP contribution in [0.25, 0.3) is 11.4 Å². The van der Waals surface area contributed by atoms with Gasteiger partial charge >= 0.3 is 0 Å². The molecule has 2 aromatic carbocycles. The highest BCUT2D eigenvalue weighted by Crippen LogP contribution is 2.30. The number of rotatable bonds is 6. The molecule has 0 bridgehead atoms. The molecule has 150 valence electrons. The highest BCUT2D eigenvalue weighted by molar-refractivity contribution is 9.11. The Hall–Kier alpha value is -1.69. The highest BCUT2D eigenvalue weighted by atomic mass is 79.9. The smallest absolute Gasteiger partial charge is 0.250 e. The van der Waals surface area contributed by atoms with Crippen LogP contribution in [0.2, 0.25) is 0 Å². The molecule has 11 heteroatoms. The summed E-state index contributed by atoms with van der Waals surface area (Å²) >= 11 is 11.3. The molecule has 1 heterocycles. The van der Waals surface area contributed by atoms with Crippen LogP contribution in [0, 0.1) is 0 Å². The fourth-order valence-corrected chi connectivity index (χ4v) is 4.70. The average molecular weight is 604 g/mol. The quantitative estimate of drug-likeness (QED) is 0.242. The SMILES string of the molecule is Cn1c(SCC(=O)N/N=C/c2cc(Br)cc(Br)c2O)nnc1-c1cccc(Br)c1. The molecule has 2 N–H and O–H groups in total. The number of hydrogen-bond acceptors (Lipinski definition) is 6. The summed E-state index contributed by atoms with van der Waals surface area (Å²) in [4.78, 5) is 12.1. The van der Waals surface area contributed by atoms with Gasteiger partial charge in [-0.3, -0.25) is 4.79 Å². The van der Waals surface area contributed by atoms with Crippen LogP contribution < -0.4 is 5.43 Å². The number of carbonyl (C=O) groups is 1. The van der Waals surface area contributed by atoms with Crippen LogP contribution in [0.5, 0.6) is 5.75 Å². The van der Waals surface area contributed by atoms with E-state index in [4.69, 9.17) is 0 Å². The van der Waals surface area contributed by atoms with E-state index in [1.54, 1.807) is 12.1 Å². The van der Waals surface area contributed by atoms with E-state index >= 15 is 0 Å². The van der Waals surface area contributed by atoms with Crippen LogP contribution in [-0.2, 0) is 11.8 Å². The van der Waals surface area contributed by atoms with Gasteiger partial charge in [-0.1, -0.05) is 55.8 Å². The number of aromatic hydroxyl groups is 1. The number of phenolic OH excluding ortho intramolecular Hbond substituents is 1. The second-order valence-corrected chi connectivity index (χ2v) is 9.41. The zero-order valence-corrected chi connectivity index (χ0v) is 20.5. The first kappa shape index (κ1) is 22.0. The predicted octanol–water partition coefficient (Wildman–Crippen LogP) is 4.72. The van der Waals surface area contributed by atoms with Crippen molar-refractivity contribution in [3.05, 3.63) is 55.4 Å². The summed E-state index contributed by atoms with van der Waals surface area (Å²) in [5.74, 6) is 0.574. The van der Waals surface area contributed by atoms with Crippen molar-refractivity contribution in [3.63, 3.8) is 0 Å². The summed E-state index contributed by atoms with van der Waals surface area (Å²) in [6.07, 6.45) is 1.38.